The Hall–Kier alpha value is -2.55. The molecule has 1 aromatic heterocycles. The van der Waals surface area contributed by atoms with Crippen LogP contribution >= 0.6 is 0 Å². The molecule has 1 aromatic carbocycles. The van der Waals surface area contributed by atoms with Crippen LogP contribution in [0, 0.1) is 11.3 Å². The number of nitriles is 1. The number of fused-ring (bicyclic) bond motifs is 1. The molecule has 0 saturated heterocycles. The number of aromatic nitrogens is 2. The molecule has 1 amide bonds. The normalized spacial score (nSPS) is 10.1. The molecular formula is C11H11N5O. The summed E-state index contributed by atoms with van der Waals surface area (Å²) >= 11 is 0. The van der Waals surface area contributed by atoms with Gasteiger partial charge in [0.05, 0.1) is 22.7 Å². The van der Waals surface area contributed by atoms with Crippen LogP contribution in [0.2, 0.25) is 0 Å². The molecule has 2 rings (SSSR count). The van der Waals surface area contributed by atoms with Crippen LogP contribution in [0.4, 0.5) is 5.95 Å². The number of benzene rings is 1. The molecule has 0 radical (unpaired) electrons. The zero-order valence-corrected chi connectivity index (χ0v) is 9.27. The van der Waals surface area contributed by atoms with Crippen molar-refractivity contribution in [3.8, 4) is 6.07 Å². The first kappa shape index (κ1) is 11.0. The predicted molar refractivity (Wildman–Crippen MR) is 62.9 cm³/mol. The summed E-state index contributed by atoms with van der Waals surface area (Å²) in [5, 5.41) is 11.3. The standard InChI is InChI=1S/C11H11N5O/c1-14-10(17)6-16-9-4-7(5-12)2-3-8(9)15-11(16)13/h2-4H,6H2,1H3,(H2,13,15)(H,14,17). The fourth-order valence-electron chi connectivity index (χ4n) is 1.60. The van der Waals surface area contributed by atoms with Crippen LogP contribution in [0.5, 0.6) is 0 Å². The van der Waals surface area contributed by atoms with Crippen molar-refractivity contribution in [3.63, 3.8) is 0 Å². The van der Waals surface area contributed by atoms with Gasteiger partial charge in [-0.1, -0.05) is 0 Å². The van der Waals surface area contributed by atoms with Crippen LogP contribution in [0.1, 0.15) is 5.56 Å². The third-order valence-electron chi connectivity index (χ3n) is 2.49. The monoisotopic (exact) mass is 229 g/mol. The molecule has 0 bridgehead atoms. The average molecular weight is 229 g/mol. The highest BCUT2D eigenvalue weighted by molar-refractivity contribution is 5.83. The van der Waals surface area contributed by atoms with Crippen LogP contribution in [-0.2, 0) is 11.3 Å². The summed E-state index contributed by atoms with van der Waals surface area (Å²) in [5.74, 6) is 0.0945. The van der Waals surface area contributed by atoms with Gasteiger partial charge in [0.15, 0.2) is 0 Å². The van der Waals surface area contributed by atoms with Crippen LogP contribution < -0.4 is 11.1 Å². The number of anilines is 1. The van der Waals surface area contributed by atoms with Crippen molar-refractivity contribution >= 4 is 22.9 Å². The number of imidazole rings is 1. The molecule has 6 nitrogen and oxygen atoms in total. The lowest BCUT2D eigenvalue weighted by Gasteiger charge is -2.04. The second-order valence-electron chi connectivity index (χ2n) is 3.54. The molecule has 17 heavy (non-hydrogen) atoms. The third-order valence-corrected chi connectivity index (χ3v) is 2.49. The predicted octanol–water partition coefficient (Wildman–Crippen LogP) is 0.236. The highest BCUT2D eigenvalue weighted by Gasteiger charge is 2.11. The van der Waals surface area contributed by atoms with Gasteiger partial charge in [-0.2, -0.15) is 5.26 Å². The van der Waals surface area contributed by atoms with E-state index in [9.17, 15) is 4.79 Å². The lowest BCUT2D eigenvalue weighted by molar-refractivity contribution is -0.121. The second kappa shape index (κ2) is 4.14. The smallest absolute Gasteiger partial charge is 0.239 e. The lowest BCUT2D eigenvalue weighted by Crippen LogP contribution is -2.24. The Morgan fingerprint density at radius 1 is 1.65 bits per heavy atom. The minimum atomic E-state index is -0.168. The largest absolute Gasteiger partial charge is 0.369 e. The van der Waals surface area contributed by atoms with E-state index >= 15 is 0 Å². The average Bonchev–Trinajstić information content (AvgIpc) is 2.65. The summed E-state index contributed by atoms with van der Waals surface area (Å²) < 4.78 is 1.58. The van der Waals surface area contributed by atoms with Crippen LogP contribution in [0.3, 0.4) is 0 Å². The summed E-state index contributed by atoms with van der Waals surface area (Å²) in [6, 6.07) is 7.09. The number of hydrogen-bond donors (Lipinski definition) is 2. The Bertz CT molecular complexity index is 623. The minimum absolute atomic E-state index is 0.0910. The number of amides is 1. The fraction of sp³-hybridized carbons (Fsp3) is 0.182. The van der Waals surface area contributed by atoms with Gasteiger partial charge in [0.25, 0.3) is 0 Å². The lowest BCUT2D eigenvalue weighted by atomic mass is 10.2. The van der Waals surface area contributed by atoms with E-state index in [1.165, 1.54) is 0 Å². The van der Waals surface area contributed by atoms with E-state index in [0.29, 0.717) is 16.6 Å². The van der Waals surface area contributed by atoms with Crippen molar-refractivity contribution in [2.24, 2.45) is 0 Å². The van der Waals surface area contributed by atoms with Gasteiger partial charge in [-0.25, -0.2) is 4.98 Å². The van der Waals surface area contributed by atoms with Gasteiger partial charge in [0.2, 0.25) is 11.9 Å². The van der Waals surface area contributed by atoms with Gasteiger partial charge in [0, 0.05) is 7.05 Å². The maximum atomic E-state index is 11.3. The Morgan fingerprint density at radius 2 is 2.41 bits per heavy atom. The molecule has 2 aromatic rings. The molecular weight excluding hydrogens is 218 g/mol. The Labute approximate surface area is 97.7 Å². The maximum Gasteiger partial charge on any atom is 0.239 e. The molecule has 1 heterocycles. The van der Waals surface area contributed by atoms with E-state index in [-0.39, 0.29) is 18.4 Å². The number of nitrogens with zero attached hydrogens (tertiary/aromatic N) is 3. The fourth-order valence-corrected chi connectivity index (χ4v) is 1.60. The van der Waals surface area contributed by atoms with Crippen molar-refractivity contribution in [2.45, 2.75) is 6.54 Å². The van der Waals surface area contributed by atoms with E-state index in [2.05, 4.69) is 10.3 Å². The molecule has 0 saturated carbocycles. The molecule has 0 aliphatic rings. The third kappa shape index (κ3) is 1.90. The van der Waals surface area contributed by atoms with E-state index in [4.69, 9.17) is 11.0 Å². The molecule has 0 aliphatic heterocycles. The zero-order chi connectivity index (χ0) is 12.4. The number of rotatable bonds is 2. The van der Waals surface area contributed by atoms with E-state index in [1.54, 1.807) is 29.8 Å². The van der Waals surface area contributed by atoms with E-state index < -0.39 is 0 Å². The molecule has 0 atom stereocenters. The number of carbonyl (C=O) groups is 1. The summed E-state index contributed by atoms with van der Waals surface area (Å²) in [4.78, 5) is 15.5. The number of nitrogen functional groups attached to an aromatic ring is 1. The summed E-state index contributed by atoms with van der Waals surface area (Å²) in [6.07, 6.45) is 0. The van der Waals surface area contributed by atoms with Crippen molar-refractivity contribution in [3.05, 3.63) is 23.8 Å². The van der Waals surface area contributed by atoms with Crippen LogP contribution in [0.15, 0.2) is 18.2 Å². The molecule has 0 unspecified atom stereocenters. The first-order valence-electron chi connectivity index (χ1n) is 5.02. The molecule has 0 fully saturated rings. The van der Waals surface area contributed by atoms with Gasteiger partial charge in [-0.3, -0.25) is 4.79 Å². The Kier molecular flexibility index (Phi) is 2.66. The second-order valence-corrected chi connectivity index (χ2v) is 3.54. The summed E-state index contributed by atoms with van der Waals surface area (Å²) in [5.41, 5.74) is 7.60. The quantitative estimate of drug-likeness (QED) is 0.770. The Balaban J connectivity index is 2.57. The highest BCUT2D eigenvalue weighted by atomic mass is 16.1. The number of hydrogen-bond acceptors (Lipinski definition) is 4. The van der Waals surface area contributed by atoms with Crippen LogP contribution in [-0.4, -0.2) is 22.5 Å². The molecule has 6 heteroatoms. The maximum absolute atomic E-state index is 11.3. The van der Waals surface area contributed by atoms with Crippen molar-refractivity contribution in [2.75, 3.05) is 12.8 Å². The number of nitrogens with one attached hydrogen (secondary N) is 1. The van der Waals surface area contributed by atoms with E-state index in [0.717, 1.165) is 0 Å². The van der Waals surface area contributed by atoms with Gasteiger partial charge in [-0.05, 0) is 18.2 Å². The van der Waals surface area contributed by atoms with Gasteiger partial charge in [-0.15, -0.1) is 0 Å². The van der Waals surface area contributed by atoms with Crippen LogP contribution in [0.25, 0.3) is 11.0 Å². The molecule has 3 N–H and O–H groups in total. The number of nitrogens with two attached hydrogens (primary N) is 1. The topological polar surface area (TPSA) is 96.7 Å². The van der Waals surface area contributed by atoms with Crippen molar-refractivity contribution in [1.82, 2.24) is 14.9 Å². The zero-order valence-electron chi connectivity index (χ0n) is 9.27. The molecule has 0 spiro atoms. The SMILES string of the molecule is CNC(=O)Cn1c(N)nc2ccc(C#N)cc21. The molecule has 0 aliphatic carbocycles. The first-order valence-corrected chi connectivity index (χ1v) is 5.02. The van der Waals surface area contributed by atoms with Gasteiger partial charge < -0.3 is 15.6 Å². The minimum Gasteiger partial charge on any atom is -0.369 e. The first-order chi connectivity index (χ1) is 8.15. The van der Waals surface area contributed by atoms with Gasteiger partial charge >= 0.3 is 0 Å². The number of likely N-dealkylation sites (N-methyl/N-ethyl adjacent to an activating group) is 1. The number of carbonyl (C=O) groups excluding carboxylic acids is 1. The van der Waals surface area contributed by atoms with Crippen molar-refractivity contribution < 1.29 is 4.79 Å². The van der Waals surface area contributed by atoms with E-state index in [1.807, 2.05) is 6.07 Å². The molecule has 86 valence electrons. The Morgan fingerprint density at radius 3 is 3.06 bits per heavy atom. The van der Waals surface area contributed by atoms with Gasteiger partial charge in [0.1, 0.15) is 6.54 Å². The van der Waals surface area contributed by atoms with Crippen molar-refractivity contribution in [1.29, 1.82) is 5.26 Å². The summed E-state index contributed by atoms with van der Waals surface area (Å²) in [6.45, 7) is 0.0910. The highest BCUT2D eigenvalue weighted by Crippen LogP contribution is 2.18. The summed E-state index contributed by atoms with van der Waals surface area (Å²) in [7, 11) is 1.55.